The predicted octanol–water partition coefficient (Wildman–Crippen LogP) is 2.15. The van der Waals surface area contributed by atoms with Crippen LogP contribution in [-0.4, -0.2) is 75.8 Å². The van der Waals surface area contributed by atoms with Gasteiger partial charge in [0, 0.05) is 38.5 Å². The number of aromatic nitrogens is 2. The first-order valence-electron chi connectivity index (χ1n) is 11.7. The molecule has 0 N–H and O–H groups in total. The van der Waals surface area contributed by atoms with Crippen molar-refractivity contribution in [1.82, 2.24) is 19.4 Å². The van der Waals surface area contributed by atoms with Crippen LogP contribution in [0.5, 0.6) is 0 Å². The van der Waals surface area contributed by atoms with Gasteiger partial charge in [0.15, 0.2) is 5.79 Å². The molecule has 5 rings (SSSR count). The van der Waals surface area contributed by atoms with Crippen molar-refractivity contribution in [3.05, 3.63) is 27.1 Å². The van der Waals surface area contributed by atoms with Gasteiger partial charge in [0.05, 0.1) is 29.8 Å². The first kappa shape index (κ1) is 22.5. The lowest BCUT2D eigenvalue weighted by Crippen LogP contribution is -2.47. The summed E-state index contributed by atoms with van der Waals surface area (Å²) >= 11 is 1.25. The number of amides is 2. The van der Waals surface area contributed by atoms with Crippen molar-refractivity contribution in [3.63, 3.8) is 0 Å². The van der Waals surface area contributed by atoms with Crippen LogP contribution in [0.1, 0.15) is 54.3 Å². The molecule has 5 heterocycles. The summed E-state index contributed by atoms with van der Waals surface area (Å²) in [6.07, 6.45) is 5.83. The van der Waals surface area contributed by atoms with Crippen LogP contribution in [-0.2, 0) is 20.8 Å². The Morgan fingerprint density at radius 2 is 1.91 bits per heavy atom. The Morgan fingerprint density at radius 3 is 2.61 bits per heavy atom. The number of fused-ring (bicyclic) bond motifs is 1. The fourth-order valence-corrected chi connectivity index (χ4v) is 6.27. The predicted molar refractivity (Wildman–Crippen MR) is 123 cm³/mol. The fourth-order valence-electron chi connectivity index (χ4n) is 5.16. The molecule has 3 saturated heterocycles. The van der Waals surface area contributed by atoms with Crippen molar-refractivity contribution in [2.45, 2.75) is 64.3 Å². The number of carbonyl (C=O) groups is 2. The number of nitrogens with zero attached hydrogens (tertiary/aromatic N) is 4. The molecular formula is C23H30N4O5S. The SMILES string of the molecule is Cc1c(C(=O)N2CCC3(CC2)OCCO3)sc2ncn(CC(=O)N3CCCCC3C)c(=O)c12. The van der Waals surface area contributed by atoms with Crippen LogP contribution < -0.4 is 5.56 Å². The largest absolute Gasteiger partial charge is 0.347 e. The number of piperidine rings is 2. The summed E-state index contributed by atoms with van der Waals surface area (Å²) in [5.41, 5.74) is 0.371. The molecule has 0 aromatic carbocycles. The lowest BCUT2D eigenvalue weighted by atomic mass is 10.0. The van der Waals surface area contributed by atoms with Crippen molar-refractivity contribution < 1.29 is 19.1 Å². The van der Waals surface area contributed by atoms with Gasteiger partial charge in [0.25, 0.3) is 11.5 Å². The number of likely N-dealkylation sites (tertiary alicyclic amines) is 2. The highest BCUT2D eigenvalue weighted by molar-refractivity contribution is 7.20. The number of hydrogen-bond acceptors (Lipinski definition) is 7. The van der Waals surface area contributed by atoms with Crippen molar-refractivity contribution in [3.8, 4) is 0 Å². The zero-order valence-corrected chi connectivity index (χ0v) is 20.0. The Hall–Kier alpha value is -2.30. The van der Waals surface area contributed by atoms with Crippen LogP contribution in [0.2, 0.25) is 0 Å². The van der Waals surface area contributed by atoms with E-state index in [1.165, 1.54) is 22.2 Å². The van der Waals surface area contributed by atoms with Crippen LogP contribution in [0.25, 0.3) is 10.2 Å². The lowest BCUT2D eigenvalue weighted by molar-refractivity contribution is -0.181. The Balaban J connectivity index is 1.36. The zero-order valence-electron chi connectivity index (χ0n) is 19.2. The van der Waals surface area contributed by atoms with E-state index in [0.717, 1.165) is 25.8 Å². The molecule has 0 saturated carbocycles. The summed E-state index contributed by atoms with van der Waals surface area (Å²) in [5, 5.41) is 0.432. The summed E-state index contributed by atoms with van der Waals surface area (Å²) in [6, 6.07) is 0.189. The highest BCUT2D eigenvalue weighted by atomic mass is 32.1. The van der Waals surface area contributed by atoms with E-state index in [1.807, 2.05) is 4.90 Å². The second-order valence-electron chi connectivity index (χ2n) is 9.25. The molecule has 2 aromatic heterocycles. The molecule has 3 aliphatic rings. The van der Waals surface area contributed by atoms with Crippen molar-refractivity contribution in [2.75, 3.05) is 32.8 Å². The van der Waals surface area contributed by atoms with Crippen LogP contribution in [0, 0.1) is 6.92 Å². The van der Waals surface area contributed by atoms with Gasteiger partial charge < -0.3 is 19.3 Å². The third-order valence-electron chi connectivity index (χ3n) is 7.17. The van der Waals surface area contributed by atoms with Gasteiger partial charge in [-0.15, -0.1) is 11.3 Å². The van der Waals surface area contributed by atoms with E-state index in [4.69, 9.17) is 9.47 Å². The first-order chi connectivity index (χ1) is 15.9. The van der Waals surface area contributed by atoms with Gasteiger partial charge >= 0.3 is 0 Å². The minimum atomic E-state index is -0.542. The Kier molecular flexibility index (Phi) is 6.00. The number of carbonyl (C=O) groups excluding carboxylic acids is 2. The van der Waals surface area contributed by atoms with Gasteiger partial charge in [-0.25, -0.2) is 4.98 Å². The molecule has 33 heavy (non-hydrogen) atoms. The molecule has 1 spiro atoms. The van der Waals surface area contributed by atoms with E-state index in [-0.39, 0.29) is 30.0 Å². The van der Waals surface area contributed by atoms with Gasteiger partial charge in [-0.3, -0.25) is 19.0 Å². The normalized spacial score (nSPS) is 22.9. The number of hydrogen-bond donors (Lipinski definition) is 0. The van der Waals surface area contributed by atoms with Gasteiger partial charge in [-0.1, -0.05) is 0 Å². The monoisotopic (exact) mass is 474 g/mol. The molecule has 0 bridgehead atoms. The van der Waals surface area contributed by atoms with Crippen LogP contribution in [0.15, 0.2) is 11.1 Å². The summed E-state index contributed by atoms with van der Waals surface area (Å²) in [7, 11) is 0. The minimum absolute atomic E-state index is 0.0289. The van der Waals surface area contributed by atoms with Crippen LogP contribution in [0.3, 0.4) is 0 Å². The minimum Gasteiger partial charge on any atom is -0.347 e. The fraction of sp³-hybridized carbons (Fsp3) is 0.652. The number of rotatable bonds is 3. The maximum absolute atomic E-state index is 13.3. The molecule has 2 amide bonds. The molecule has 2 aromatic rings. The van der Waals surface area contributed by atoms with Crippen molar-refractivity contribution in [1.29, 1.82) is 0 Å². The molecule has 3 fully saturated rings. The molecular weight excluding hydrogens is 444 g/mol. The van der Waals surface area contributed by atoms with E-state index in [9.17, 15) is 14.4 Å². The number of aryl methyl sites for hydroxylation is 1. The van der Waals surface area contributed by atoms with Gasteiger partial charge in [-0.05, 0) is 38.7 Å². The highest BCUT2D eigenvalue weighted by Gasteiger charge is 2.41. The van der Waals surface area contributed by atoms with E-state index < -0.39 is 5.79 Å². The summed E-state index contributed by atoms with van der Waals surface area (Å²) in [5.74, 6) is -0.694. The standard InChI is InChI=1S/C23H30N4O5S/c1-15-5-3-4-8-27(15)17(28)13-26-14-24-20-18(21(26)29)16(2)19(33-20)22(30)25-9-6-23(7-10-25)31-11-12-32-23/h14-15H,3-13H2,1-2H3. The van der Waals surface area contributed by atoms with Gasteiger partial charge in [0.2, 0.25) is 5.91 Å². The number of thiophene rings is 1. The third kappa shape index (κ3) is 4.08. The van der Waals surface area contributed by atoms with E-state index in [2.05, 4.69) is 11.9 Å². The average Bonchev–Trinajstić information content (AvgIpc) is 3.40. The summed E-state index contributed by atoms with van der Waals surface area (Å²) < 4.78 is 12.9. The summed E-state index contributed by atoms with van der Waals surface area (Å²) in [6.45, 7) is 6.84. The molecule has 10 heteroatoms. The van der Waals surface area contributed by atoms with Crippen LogP contribution >= 0.6 is 11.3 Å². The Labute approximate surface area is 196 Å². The molecule has 178 valence electrons. The van der Waals surface area contributed by atoms with Crippen LogP contribution in [0.4, 0.5) is 0 Å². The second kappa shape index (κ2) is 8.81. The molecule has 1 atom stereocenters. The summed E-state index contributed by atoms with van der Waals surface area (Å²) in [4.78, 5) is 48.5. The smallest absolute Gasteiger partial charge is 0.264 e. The average molecular weight is 475 g/mol. The number of ether oxygens (including phenoxy) is 2. The molecule has 3 aliphatic heterocycles. The van der Waals surface area contributed by atoms with Gasteiger partial charge in [0.1, 0.15) is 11.4 Å². The third-order valence-corrected chi connectivity index (χ3v) is 8.35. The van der Waals surface area contributed by atoms with E-state index >= 15 is 0 Å². The highest BCUT2D eigenvalue weighted by Crippen LogP contribution is 2.34. The Morgan fingerprint density at radius 1 is 1.18 bits per heavy atom. The maximum Gasteiger partial charge on any atom is 0.264 e. The quantitative estimate of drug-likeness (QED) is 0.677. The second-order valence-corrected chi connectivity index (χ2v) is 10.2. The maximum atomic E-state index is 13.3. The van der Waals surface area contributed by atoms with E-state index in [1.54, 1.807) is 11.8 Å². The molecule has 1 unspecified atom stereocenters. The zero-order chi connectivity index (χ0) is 23.2. The van der Waals surface area contributed by atoms with Gasteiger partial charge in [-0.2, -0.15) is 0 Å². The van der Waals surface area contributed by atoms with Crippen molar-refractivity contribution in [2.24, 2.45) is 0 Å². The Bertz CT molecular complexity index is 1130. The first-order valence-corrected chi connectivity index (χ1v) is 12.6. The lowest BCUT2D eigenvalue weighted by Gasteiger charge is -2.37. The molecule has 0 radical (unpaired) electrons. The topological polar surface area (TPSA) is 94.0 Å². The van der Waals surface area contributed by atoms with Crippen molar-refractivity contribution >= 4 is 33.4 Å². The molecule has 9 nitrogen and oxygen atoms in total. The van der Waals surface area contributed by atoms with E-state index in [0.29, 0.717) is 59.8 Å². The molecule has 0 aliphatic carbocycles.